The van der Waals surface area contributed by atoms with Crippen LogP contribution in [0.15, 0.2) is 28.7 Å². The Morgan fingerprint density at radius 1 is 1.30 bits per heavy atom. The summed E-state index contributed by atoms with van der Waals surface area (Å²) in [4.78, 5) is 16.1. The van der Waals surface area contributed by atoms with E-state index in [1.807, 2.05) is 11.9 Å². The molecule has 0 radical (unpaired) electrons. The van der Waals surface area contributed by atoms with E-state index < -0.39 is 0 Å². The topological polar surface area (TPSA) is 23.6 Å². The molecule has 0 aliphatic carbocycles. The van der Waals surface area contributed by atoms with Gasteiger partial charge >= 0.3 is 0 Å². The molecule has 2 saturated heterocycles. The first-order valence-electron chi connectivity index (χ1n) is 7.33. The maximum atomic E-state index is 11.6. The van der Waals surface area contributed by atoms with E-state index in [9.17, 15) is 4.79 Å². The van der Waals surface area contributed by atoms with Gasteiger partial charge in [-0.1, -0.05) is 22.0 Å². The Labute approximate surface area is 129 Å². The van der Waals surface area contributed by atoms with Crippen molar-refractivity contribution in [2.45, 2.75) is 50.7 Å². The van der Waals surface area contributed by atoms with Gasteiger partial charge in [-0.3, -0.25) is 4.79 Å². The molecule has 1 amide bonds. The van der Waals surface area contributed by atoms with Gasteiger partial charge < -0.3 is 9.80 Å². The van der Waals surface area contributed by atoms with Gasteiger partial charge in [0.1, 0.15) is 0 Å². The summed E-state index contributed by atoms with van der Waals surface area (Å²) < 4.78 is 1.14. The molecule has 3 nitrogen and oxygen atoms in total. The fourth-order valence-corrected chi connectivity index (χ4v) is 4.17. The average molecular weight is 337 g/mol. The lowest BCUT2D eigenvalue weighted by Crippen LogP contribution is -2.50. The number of nitrogens with zero attached hydrogens (tertiary/aromatic N) is 2. The van der Waals surface area contributed by atoms with Crippen molar-refractivity contribution in [1.82, 2.24) is 4.90 Å². The van der Waals surface area contributed by atoms with Crippen molar-refractivity contribution in [1.29, 1.82) is 0 Å². The number of amides is 1. The van der Waals surface area contributed by atoms with E-state index >= 15 is 0 Å². The summed E-state index contributed by atoms with van der Waals surface area (Å²) >= 11 is 3.56. The summed E-state index contributed by atoms with van der Waals surface area (Å²) in [6.45, 7) is 1.67. The van der Waals surface area contributed by atoms with Crippen molar-refractivity contribution < 1.29 is 4.79 Å². The molecule has 2 heterocycles. The predicted molar refractivity (Wildman–Crippen MR) is 84.9 cm³/mol. The zero-order valence-corrected chi connectivity index (χ0v) is 13.6. The molecule has 0 spiro atoms. The lowest BCUT2D eigenvalue weighted by atomic mass is 9.95. The highest BCUT2D eigenvalue weighted by Gasteiger charge is 2.42. The van der Waals surface area contributed by atoms with E-state index in [4.69, 9.17) is 0 Å². The molecule has 0 aromatic heterocycles. The van der Waals surface area contributed by atoms with Gasteiger partial charge in [-0.15, -0.1) is 0 Å². The summed E-state index contributed by atoms with van der Waals surface area (Å²) in [7, 11) is 1.95. The second-order valence-electron chi connectivity index (χ2n) is 6.03. The first-order chi connectivity index (χ1) is 9.56. The van der Waals surface area contributed by atoms with Crippen LogP contribution in [0.25, 0.3) is 0 Å². The van der Waals surface area contributed by atoms with Crippen LogP contribution in [0, 0.1) is 0 Å². The van der Waals surface area contributed by atoms with Crippen molar-refractivity contribution in [2.24, 2.45) is 0 Å². The number of fused-ring (bicyclic) bond motifs is 2. The molecule has 0 saturated carbocycles. The van der Waals surface area contributed by atoms with E-state index in [1.165, 1.54) is 18.5 Å². The molecular weight excluding hydrogens is 316 g/mol. The molecule has 2 fully saturated rings. The van der Waals surface area contributed by atoms with Crippen LogP contribution in [-0.4, -0.2) is 36.0 Å². The van der Waals surface area contributed by atoms with Gasteiger partial charge in [0.2, 0.25) is 5.91 Å². The summed E-state index contributed by atoms with van der Waals surface area (Å²) in [5.74, 6) is 0.185. The third kappa shape index (κ3) is 2.46. The van der Waals surface area contributed by atoms with Gasteiger partial charge in [0.25, 0.3) is 0 Å². The monoisotopic (exact) mass is 336 g/mol. The lowest BCUT2D eigenvalue weighted by molar-refractivity contribution is -0.130. The van der Waals surface area contributed by atoms with Crippen LogP contribution in [0.5, 0.6) is 0 Å². The predicted octanol–water partition coefficient (Wildman–Crippen LogP) is 3.43. The van der Waals surface area contributed by atoms with E-state index in [2.05, 4.69) is 45.1 Å². The normalized spacial score (nSPS) is 28.6. The first-order valence-corrected chi connectivity index (χ1v) is 8.13. The molecule has 108 valence electrons. The highest BCUT2D eigenvalue weighted by Crippen LogP contribution is 2.41. The van der Waals surface area contributed by atoms with E-state index in [0.717, 1.165) is 17.3 Å². The maximum Gasteiger partial charge on any atom is 0.219 e. The highest BCUT2D eigenvalue weighted by molar-refractivity contribution is 9.10. The molecule has 3 rings (SSSR count). The van der Waals surface area contributed by atoms with Gasteiger partial charge in [0.05, 0.1) is 0 Å². The van der Waals surface area contributed by atoms with Gasteiger partial charge in [0.15, 0.2) is 0 Å². The first kappa shape index (κ1) is 13.9. The number of halogens is 1. The Hall–Kier alpha value is -1.03. The van der Waals surface area contributed by atoms with Crippen LogP contribution >= 0.6 is 15.9 Å². The standard InChI is InChI=1S/C16H21BrN2O/c1-11(20)18(2)16-9-14-6-7-15(10-16)19(14)13-5-3-4-12(17)8-13/h3-5,8,14-16H,6-7,9-10H2,1-2H3/t14-,15+,16?. The molecule has 1 aromatic carbocycles. The quantitative estimate of drug-likeness (QED) is 0.826. The van der Waals surface area contributed by atoms with Crippen molar-refractivity contribution in [3.8, 4) is 0 Å². The summed E-state index contributed by atoms with van der Waals surface area (Å²) in [5.41, 5.74) is 1.32. The molecule has 4 heteroatoms. The van der Waals surface area contributed by atoms with E-state index in [-0.39, 0.29) is 5.91 Å². The van der Waals surface area contributed by atoms with Crippen molar-refractivity contribution >= 4 is 27.5 Å². The number of carbonyl (C=O) groups is 1. The Kier molecular flexibility index (Phi) is 3.76. The van der Waals surface area contributed by atoms with Gasteiger partial charge in [-0.2, -0.15) is 0 Å². The molecule has 3 atom stereocenters. The summed E-state index contributed by atoms with van der Waals surface area (Å²) in [6.07, 6.45) is 4.69. The van der Waals surface area contributed by atoms with Gasteiger partial charge in [-0.25, -0.2) is 0 Å². The smallest absolute Gasteiger partial charge is 0.219 e. The van der Waals surface area contributed by atoms with Crippen LogP contribution in [0.1, 0.15) is 32.6 Å². The Morgan fingerprint density at radius 2 is 1.95 bits per heavy atom. The average Bonchev–Trinajstić information content (AvgIpc) is 2.68. The van der Waals surface area contributed by atoms with Crippen LogP contribution in [-0.2, 0) is 4.79 Å². The van der Waals surface area contributed by atoms with Crippen LogP contribution < -0.4 is 4.90 Å². The van der Waals surface area contributed by atoms with Crippen molar-refractivity contribution in [3.63, 3.8) is 0 Å². The largest absolute Gasteiger partial charge is 0.365 e. The molecule has 1 unspecified atom stereocenters. The van der Waals surface area contributed by atoms with E-state index in [0.29, 0.717) is 18.1 Å². The van der Waals surface area contributed by atoms with Crippen LogP contribution in [0.3, 0.4) is 0 Å². The number of piperidine rings is 1. The number of hydrogen-bond donors (Lipinski definition) is 0. The molecule has 2 aliphatic heterocycles. The number of hydrogen-bond acceptors (Lipinski definition) is 2. The third-order valence-electron chi connectivity index (χ3n) is 4.86. The molecule has 20 heavy (non-hydrogen) atoms. The van der Waals surface area contributed by atoms with Crippen LogP contribution in [0.4, 0.5) is 5.69 Å². The highest BCUT2D eigenvalue weighted by atomic mass is 79.9. The van der Waals surface area contributed by atoms with E-state index in [1.54, 1.807) is 6.92 Å². The third-order valence-corrected chi connectivity index (χ3v) is 5.35. The Morgan fingerprint density at radius 3 is 2.50 bits per heavy atom. The molecular formula is C16H21BrN2O. The summed E-state index contributed by atoms with van der Waals surface area (Å²) in [6, 6.07) is 10.2. The number of anilines is 1. The fourth-order valence-electron chi connectivity index (χ4n) is 3.78. The maximum absolute atomic E-state index is 11.6. The zero-order valence-electron chi connectivity index (χ0n) is 12.1. The number of carbonyl (C=O) groups excluding carboxylic acids is 1. The second kappa shape index (κ2) is 5.40. The molecule has 2 bridgehead atoms. The SMILES string of the molecule is CC(=O)N(C)C1C[C@H]2CC[C@@H](C1)N2c1cccc(Br)c1. The Bertz CT molecular complexity index is 505. The minimum absolute atomic E-state index is 0.185. The van der Waals surface area contributed by atoms with Crippen molar-refractivity contribution in [3.05, 3.63) is 28.7 Å². The summed E-state index contributed by atoms with van der Waals surface area (Å²) in [5, 5.41) is 0. The minimum Gasteiger partial charge on any atom is -0.365 e. The molecule has 1 aromatic rings. The van der Waals surface area contributed by atoms with Crippen molar-refractivity contribution in [2.75, 3.05) is 11.9 Å². The molecule has 2 aliphatic rings. The second-order valence-corrected chi connectivity index (χ2v) is 6.94. The minimum atomic E-state index is 0.185. The lowest BCUT2D eigenvalue weighted by Gasteiger charge is -2.43. The number of benzene rings is 1. The Balaban J connectivity index is 1.80. The van der Waals surface area contributed by atoms with Gasteiger partial charge in [-0.05, 0) is 43.9 Å². The van der Waals surface area contributed by atoms with Crippen LogP contribution in [0.2, 0.25) is 0 Å². The number of rotatable bonds is 2. The molecule has 0 N–H and O–H groups in total. The van der Waals surface area contributed by atoms with Gasteiger partial charge in [0, 0.05) is 42.3 Å². The fraction of sp³-hybridized carbons (Fsp3) is 0.562. The zero-order chi connectivity index (χ0) is 14.3.